The van der Waals surface area contributed by atoms with Crippen molar-refractivity contribution in [3.63, 3.8) is 0 Å². The first kappa shape index (κ1) is 23.1. The molecule has 0 radical (unpaired) electrons. The highest BCUT2D eigenvalue weighted by molar-refractivity contribution is 6.30. The van der Waals surface area contributed by atoms with Crippen molar-refractivity contribution in [3.05, 3.63) is 76.1 Å². The molecule has 0 bridgehead atoms. The molecule has 2 N–H and O–H groups in total. The van der Waals surface area contributed by atoms with E-state index in [1.165, 1.54) is 18.3 Å². The quantitative estimate of drug-likeness (QED) is 0.574. The van der Waals surface area contributed by atoms with E-state index in [-0.39, 0.29) is 30.4 Å². The first-order chi connectivity index (χ1) is 15.8. The predicted octanol–water partition coefficient (Wildman–Crippen LogP) is 3.53. The normalized spacial score (nSPS) is 20.3. The number of carbonyl (C=O) groups is 2. The molecule has 3 aromatic rings. The summed E-state index contributed by atoms with van der Waals surface area (Å²) in [6.45, 7) is 4.02. The largest absolute Gasteiger partial charge is 0.392 e. The van der Waals surface area contributed by atoms with Gasteiger partial charge in [-0.2, -0.15) is 5.10 Å². The Morgan fingerprint density at radius 3 is 2.70 bits per heavy atom. The summed E-state index contributed by atoms with van der Waals surface area (Å²) in [5, 5.41) is 18.4. The van der Waals surface area contributed by atoms with Crippen LogP contribution in [0.4, 0.5) is 4.39 Å². The minimum absolute atomic E-state index is 0.0318. The van der Waals surface area contributed by atoms with Crippen LogP contribution in [0.3, 0.4) is 0 Å². The van der Waals surface area contributed by atoms with Crippen LogP contribution in [-0.4, -0.2) is 44.2 Å². The zero-order valence-corrected chi connectivity index (χ0v) is 19.0. The first-order valence-electron chi connectivity index (χ1n) is 10.7. The molecule has 4 rings (SSSR count). The van der Waals surface area contributed by atoms with Crippen LogP contribution in [0.2, 0.25) is 5.02 Å². The number of benzene rings is 1. The van der Waals surface area contributed by atoms with Crippen LogP contribution in [0.25, 0.3) is 5.69 Å². The molecular weight excluding hydrogens is 447 g/mol. The number of halogens is 2. The summed E-state index contributed by atoms with van der Waals surface area (Å²) in [5.74, 6) is -2.29. The van der Waals surface area contributed by atoms with E-state index >= 15 is 0 Å². The fraction of sp³-hybridized carbons (Fsp3) is 0.333. The van der Waals surface area contributed by atoms with Gasteiger partial charge in [0.05, 0.1) is 28.9 Å². The summed E-state index contributed by atoms with van der Waals surface area (Å²) in [5.41, 5.74) is 3.13. The number of Topliss-reactive ketones (excluding diaryl/α,β-unsaturated/α-hetero) is 1. The number of aliphatic hydroxyl groups excluding tert-OH is 1. The van der Waals surface area contributed by atoms with Crippen molar-refractivity contribution in [1.29, 1.82) is 0 Å². The molecule has 1 aromatic carbocycles. The Morgan fingerprint density at radius 2 is 2.06 bits per heavy atom. The smallest absolute Gasteiger partial charge is 0.272 e. The van der Waals surface area contributed by atoms with E-state index in [2.05, 4.69) is 15.4 Å². The minimum atomic E-state index is -0.872. The molecule has 33 heavy (non-hydrogen) atoms. The lowest BCUT2D eigenvalue weighted by atomic mass is 9.86. The fourth-order valence-electron chi connectivity index (χ4n) is 4.60. The molecule has 2 aromatic heterocycles. The monoisotopic (exact) mass is 470 g/mol. The number of ketones is 1. The number of amides is 1. The van der Waals surface area contributed by atoms with E-state index in [4.69, 9.17) is 11.6 Å². The molecule has 0 saturated heterocycles. The zero-order valence-electron chi connectivity index (χ0n) is 18.3. The molecule has 1 saturated carbocycles. The van der Waals surface area contributed by atoms with Gasteiger partial charge < -0.3 is 10.4 Å². The predicted molar refractivity (Wildman–Crippen MR) is 121 cm³/mol. The second kappa shape index (κ2) is 9.41. The molecular formula is C24H24ClFN4O3. The lowest BCUT2D eigenvalue weighted by Gasteiger charge is -2.23. The number of pyridine rings is 1. The van der Waals surface area contributed by atoms with Gasteiger partial charge in [-0.1, -0.05) is 11.6 Å². The lowest BCUT2D eigenvalue weighted by molar-refractivity contribution is -0.119. The van der Waals surface area contributed by atoms with Crippen LogP contribution in [0, 0.1) is 25.6 Å². The molecule has 3 unspecified atom stereocenters. The number of nitrogens with zero attached hydrogens (tertiary/aromatic N) is 3. The Balaban J connectivity index is 1.45. The van der Waals surface area contributed by atoms with Gasteiger partial charge in [0.1, 0.15) is 5.78 Å². The third kappa shape index (κ3) is 4.67. The van der Waals surface area contributed by atoms with E-state index in [9.17, 15) is 19.1 Å². The molecule has 0 spiro atoms. The molecule has 0 aliphatic heterocycles. The van der Waals surface area contributed by atoms with Crippen molar-refractivity contribution in [2.75, 3.05) is 6.54 Å². The SMILES string of the molecule is Cc1cc(-n2cc(Cl)cn2)cc(C)c1C1C(=O)CC(CCNC(=O)c2ncccc2F)C1O. The molecule has 1 aliphatic rings. The summed E-state index contributed by atoms with van der Waals surface area (Å²) in [7, 11) is 0. The van der Waals surface area contributed by atoms with E-state index in [0.717, 1.165) is 22.4 Å². The Kier molecular flexibility index (Phi) is 6.58. The van der Waals surface area contributed by atoms with Gasteiger partial charge in [0.25, 0.3) is 5.91 Å². The Hall–Kier alpha value is -3.10. The highest BCUT2D eigenvalue weighted by Gasteiger charge is 2.43. The number of hydrogen-bond acceptors (Lipinski definition) is 5. The Morgan fingerprint density at radius 1 is 1.33 bits per heavy atom. The fourth-order valence-corrected chi connectivity index (χ4v) is 4.73. The van der Waals surface area contributed by atoms with Crippen molar-refractivity contribution in [3.8, 4) is 5.69 Å². The van der Waals surface area contributed by atoms with Crippen LogP contribution in [0.1, 0.15) is 45.9 Å². The zero-order chi connectivity index (χ0) is 23.7. The lowest BCUT2D eigenvalue weighted by Crippen LogP contribution is -2.30. The summed E-state index contributed by atoms with van der Waals surface area (Å²) >= 11 is 5.97. The van der Waals surface area contributed by atoms with Crippen LogP contribution in [0.15, 0.2) is 42.9 Å². The van der Waals surface area contributed by atoms with E-state index in [1.807, 2.05) is 26.0 Å². The molecule has 2 heterocycles. The summed E-state index contributed by atoms with van der Waals surface area (Å²) in [6.07, 6.45) is 4.34. The second-order valence-corrected chi connectivity index (χ2v) is 8.81. The van der Waals surface area contributed by atoms with E-state index in [0.29, 0.717) is 11.4 Å². The summed E-state index contributed by atoms with van der Waals surface area (Å²) in [4.78, 5) is 28.8. The maximum Gasteiger partial charge on any atom is 0.272 e. The molecule has 172 valence electrons. The Labute approximate surface area is 195 Å². The van der Waals surface area contributed by atoms with Gasteiger partial charge in [0.15, 0.2) is 11.5 Å². The average Bonchev–Trinajstić information content (AvgIpc) is 3.32. The van der Waals surface area contributed by atoms with Gasteiger partial charge in [0, 0.05) is 25.4 Å². The molecule has 1 aliphatic carbocycles. The van der Waals surface area contributed by atoms with Gasteiger partial charge in [0.2, 0.25) is 0 Å². The van der Waals surface area contributed by atoms with Crippen LogP contribution in [0.5, 0.6) is 0 Å². The topological polar surface area (TPSA) is 97.1 Å². The number of aliphatic hydroxyl groups is 1. The third-order valence-corrected chi connectivity index (χ3v) is 6.31. The van der Waals surface area contributed by atoms with Gasteiger partial charge in [-0.15, -0.1) is 0 Å². The van der Waals surface area contributed by atoms with Crippen LogP contribution in [-0.2, 0) is 4.79 Å². The second-order valence-electron chi connectivity index (χ2n) is 8.37. The van der Waals surface area contributed by atoms with Gasteiger partial charge in [-0.05, 0) is 67.1 Å². The van der Waals surface area contributed by atoms with Crippen molar-refractivity contribution < 1.29 is 19.1 Å². The van der Waals surface area contributed by atoms with Gasteiger partial charge >= 0.3 is 0 Å². The summed E-state index contributed by atoms with van der Waals surface area (Å²) < 4.78 is 15.4. The number of nitrogens with one attached hydrogen (secondary N) is 1. The number of rotatable bonds is 6. The summed E-state index contributed by atoms with van der Waals surface area (Å²) in [6, 6.07) is 6.41. The van der Waals surface area contributed by atoms with Crippen LogP contribution < -0.4 is 5.32 Å². The van der Waals surface area contributed by atoms with Crippen molar-refractivity contribution >= 4 is 23.3 Å². The van der Waals surface area contributed by atoms with Gasteiger partial charge in [-0.25, -0.2) is 14.1 Å². The highest BCUT2D eigenvalue weighted by Crippen LogP contribution is 2.40. The van der Waals surface area contributed by atoms with Gasteiger partial charge in [-0.3, -0.25) is 9.59 Å². The first-order valence-corrected chi connectivity index (χ1v) is 11.0. The van der Waals surface area contributed by atoms with Crippen molar-refractivity contribution in [1.82, 2.24) is 20.1 Å². The minimum Gasteiger partial charge on any atom is -0.392 e. The van der Waals surface area contributed by atoms with Crippen LogP contribution >= 0.6 is 11.6 Å². The van der Waals surface area contributed by atoms with Crippen molar-refractivity contribution in [2.45, 2.75) is 38.7 Å². The van der Waals surface area contributed by atoms with E-state index < -0.39 is 23.7 Å². The maximum atomic E-state index is 13.7. The van der Waals surface area contributed by atoms with Crippen molar-refractivity contribution in [2.24, 2.45) is 5.92 Å². The highest BCUT2D eigenvalue weighted by atomic mass is 35.5. The number of aromatic nitrogens is 3. The third-order valence-electron chi connectivity index (χ3n) is 6.11. The molecule has 7 nitrogen and oxygen atoms in total. The number of aryl methyl sites for hydroxylation is 2. The standard InChI is InChI=1S/C24H24ClFN4O3/c1-13-8-17(30-12-16(25)11-29-30)9-14(2)20(13)21-19(31)10-15(23(21)32)5-7-28-24(33)22-18(26)4-3-6-27-22/h3-4,6,8-9,11-12,15,21,23,32H,5,7,10H2,1-2H3,(H,28,33). The molecule has 1 fully saturated rings. The number of carbonyl (C=O) groups excluding carboxylic acids is 2. The Bertz CT molecular complexity index is 1190. The average molecular weight is 471 g/mol. The molecule has 1 amide bonds. The number of hydrogen-bond donors (Lipinski definition) is 2. The molecule has 9 heteroatoms. The molecule has 3 atom stereocenters. The van der Waals surface area contributed by atoms with E-state index in [1.54, 1.807) is 17.1 Å². The maximum absolute atomic E-state index is 13.7.